The molecule has 0 atom stereocenters. The molecule has 0 aliphatic rings. The summed E-state index contributed by atoms with van der Waals surface area (Å²) >= 11 is 0. The van der Waals surface area contributed by atoms with E-state index in [1.807, 2.05) is 19.1 Å². The molecule has 0 spiro atoms. The lowest BCUT2D eigenvalue weighted by molar-refractivity contribution is 1.56. The van der Waals surface area contributed by atoms with E-state index >= 15 is 0 Å². The fourth-order valence-corrected chi connectivity index (χ4v) is 0.487. The SMILES string of the molecule is C=N/C=C\C(C#CC)=C/C. The second-order valence-corrected chi connectivity index (χ2v) is 1.62. The van der Waals surface area contributed by atoms with Crippen LogP contribution in [0.4, 0.5) is 0 Å². The average Bonchev–Trinajstić information content (AvgIpc) is 1.98. The lowest BCUT2D eigenvalue weighted by Crippen LogP contribution is -1.67. The molecule has 0 aromatic carbocycles. The zero-order valence-corrected chi connectivity index (χ0v) is 6.39. The van der Waals surface area contributed by atoms with Crippen molar-refractivity contribution in [2.45, 2.75) is 13.8 Å². The summed E-state index contributed by atoms with van der Waals surface area (Å²) in [6.07, 6.45) is 5.38. The maximum Gasteiger partial charge on any atom is 0.0272 e. The summed E-state index contributed by atoms with van der Waals surface area (Å²) in [5.41, 5.74) is 0.968. The Labute approximate surface area is 62.2 Å². The number of allylic oxidation sites excluding steroid dienone is 3. The molecule has 0 aliphatic carbocycles. The van der Waals surface area contributed by atoms with E-state index in [1.165, 1.54) is 0 Å². The summed E-state index contributed by atoms with van der Waals surface area (Å²) in [5.74, 6) is 5.70. The van der Waals surface area contributed by atoms with Gasteiger partial charge in [-0.15, -0.1) is 5.92 Å². The Morgan fingerprint density at radius 2 is 2.30 bits per heavy atom. The molecule has 1 nitrogen and oxygen atoms in total. The van der Waals surface area contributed by atoms with Crippen LogP contribution in [0.3, 0.4) is 0 Å². The maximum atomic E-state index is 3.57. The van der Waals surface area contributed by atoms with Crippen molar-refractivity contribution >= 4 is 6.72 Å². The lowest BCUT2D eigenvalue weighted by Gasteiger charge is -1.83. The summed E-state index contributed by atoms with van der Waals surface area (Å²) in [4.78, 5) is 3.57. The predicted octanol–water partition coefficient (Wildman–Crippen LogP) is 2.17. The monoisotopic (exact) mass is 133 g/mol. The molecular formula is C9H11N. The van der Waals surface area contributed by atoms with Gasteiger partial charge >= 0.3 is 0 Å². The van der Waals surface area contributed by atoms with E-state index in [-0.39, 0.29) is 0 Å². The molecule has 52 valence electrons. The molecule has 0 N–H and O–H groups in total. The van der Waals surface area contributed by atoms with Gasteiger partial charge in [0.25, 0.3) is 0 Å². The predicted molar refractivity (Wildman–Crippen MR) is 45.9 cm³/mol. The molecule has 0 bridgehead atoms. The fraction of sp³-hybridized carbons (Fsp3) is 0.222. The molecule has 0 heterocycles. The molecule has 0 aromatic heterocycles. The Hall–Kier alpha value is -1.29. The molecule has 10 heavy (non-hydrogen) atoms. The van der Waals surface area contributed by atoms with Gasteiger partial charge in [0.1, 0.15) is 0 Å². The van der Waals surface area contributed by atoms with Crippen molar-refractivity contribution in [2.24, 2.45) is 4.99 Å². The highest BCUT2D eigenvalue weighted by Gasteiger charge is 1.77. The first-order valence-electron chi connectivity index (χ1n) is 3.06. The highest BCUT2D eigenvalue weighted by Crippen LogP contribution is 1.93. The molecule has 0 fully saturated rings. The van der Waals surface area contributed by atoms with Gasteiger partial charge in [-0.05, 0) is 26.6 Å². The molecule has 0 radical (unpaired) electrons. The van der Waals surface area contributed by atoms with Gasteiger partial charge in [0.15, 0.2) is 0 Å². The third-order valence-electron chi connectivity index (χ3n) is 0.940. The number of hydrogen-bond acceptors (Lipinski definition) is 1. The largest absolute Gasteiger partial charge is 0.272 e. The van der Waals surface area contributed by atoms with E-state index in [0.717, 1.165) is 5.57 Å². The van der Waals surface area contributed by atoms with E-state index in [9.17, 15) is 0 Å². The first-order chi connectivity index (χ1) is 4.85. The van der Waals surface area contributed by atoms with Gasteiger partial charge in [-0.25, -0.2) is 0 Å². The second-order valence-electron chi connectivity index (χ2n) is 1.62. The Morgan fingerprint density at radius 1 is 1.60 bits per heavy atom. The third kappa shape index (κ3) is 3.68. The lowest BCUT2D eigenvalue weighted by atomic mass is 10.2. The summed E-state index contributed by atoms with van der Waals surface area (Å²) < 4.78 is 0. The minimum absolute atomic E-state index is 0.968. The van der Waals surface area contributed by atoms with E-state index in [4.69, 9.17) is 0 Å². The van der Waals surface area contributed by atoms with Crippen LogP contribution in [0.2, 0.25) is 0 Å². The van der Waals surface area contributed by atoms with Crippen LogP contribution in [0, 0.1) is 11.8 Å². The van der Waals surface area contributed by atoms with Crippen molar-refractivity contribution in [2.75, 3.05) is 0 Å². The number of aliphatic imine (C=N–C) groups is 1. The van der Waals surface area contributed by atoms with Crippen LogP contribution >= 0.6 is 0 Å². The summed E-state index contributed by atoms with van der Waals surface area (Å²) in [7, 11) is 0. The van der Waals surface area contributed by atoms with Crippen LogP contribution in [0.5, 0.6) is 0 Å². The summed E-state index contributed by atoms with van der Waals surface area (Å²) in [6.45, 7) is 7.06. The van der Waals surface area contributed by atoms with Crippen LogP contribution in [0.25, 0.3) is 0 Å². The van der Waals surface area contributed by atoms with Crippen molar-refractivity contribution in [1.29, 1.82) is 0 Å². The Morgan fingerprint density at radius 3 is 2.70 bits per heavy atom. The standard InChI is InChI=1S/C9H11N/c1-4-6-9(5-2)7-8-10-3/h5,7-8H,3H2,1-2H3/b8-7-,9-5-. The van der Waals surface area contributed by atoms with Gasteiger partial charge < -0.3 is 0 Å². The number of rotatable bonds is 2. The Kier molecular flexibility index (Phi) is 5.09. The fourth-order valence-electron chi connectivity index (χ4n) is 0.487. The van der Waals surface area contributed by atoms with Crippen molar-refractivity contribution in [3.05, 3.63) is 23.9 Å². The average molecular weight is 133 g/mol. The maximum absolute atomic E-state index is 3.57. The van der Waals surface area contributed by atoms with Gasteiger partial charge in [0, 0.05) is 11.8 Å². The highest BCUT2D eigenvalue weighted by molar-refractivity contribution is 5.38. The second kappa shape index (κ2) is 5.84. The minimum Gasteiger partial charge on any atom is -0.272 e. The first-order valence-corrected chi connectivity index (χ1v) is 3.06. The molecule has 0 saturated carbocycles. The van der Waals surface area contributed by atoms with E-state index in [0.29, 0.717) is 0 Å². The van der Waals surface area contributed by atoms with E-state index in [2.05, 4.69) is 23.6 Å². The van der Waals surface area contributed by atoms with Crippen LogP contribution in [-0.2, 0) is 0 Å². The van der Waals surface area contributed by atoms with Crippen LogP contribution in [-0.4, -0.2) is 6.72 Å². The minimum atomic E-state index is 0.968. The van der Waals surface area contributed by atoms with Crippen molar-refractivity contribution in [3.8, 4) is 11.8 Å². The molecule has 0 amide bonds. The van der Waals surface area contributed by atoms with Crippen molar-refractivity contribution < 1.29 is 0 Å². The zero-order chi connectivity index (χ0) is 7.82. The van der Waals surface area contributed by atoms with Crippen LogP contribution < -0.4 is 0 Å². The first kappa shape index (κ1) is 8.71. The molecule has 1 heteroatoms. The third-order valence-corrected chi connectivity index (χ3v) is 0.940. The van der Waals surface area contributed by atoms with Gasteiger partial charge in [-0.2, -0.15) is 0 Å². The van der Waals surface area contributed by atoms with Crippen molar-refractivity contribution in [3.63, 3.8) is 0 Å². The van der Waals surface area contributed by atoms with Crippen LogP contribution in [0.1, 0.15) is 13.8 Å². The molecule has 0 aromatic rings. The highest BCUT2D eigenvalue weighted by atomic mass is 14.6. The smallest absolute Gasteiger partial charge is 0.0272 e. The normalized spacial score (nSPS) is 10.8. The zero-order valence-electron chi connectivity index (χ0n) is 6.39. The quantitative estimate of drug-likeness (QED) is 0.311. The van der Waals surface area contributed by atoms with E-state index in [1.54, 1.807) is 13.1 Å². The number of hydrogen-bond donors (Lipinski definition) is 0. The molecule has 0 rings (SSSR count). The van der Waals surface area contributed by atoms with Crippen molar-refractivity contribution in [1.82, 2.24) is 0 Å². The molecular weight excluding hydrogens is 122 g/mol. The van der Waals surface area contributed by atoms with Crippen LogP contribution in [0.15, 0.2) is 28.9 Å². The Bertz CT molecular complexity index is 211. The van der Waals surface area contributed by atoms with Gasteiger partial charge in [-0.1, -0.05) is 12.0 Å². The van der Waals surface area contributed by atoms with Gasteiger partial charge in [0.05, 0.1) is 0 Å². The Balaban J connectivity index is 4.20. The number of nitrogens with zero attached hydrogens (tertiary/aromatic N) is 1. The van der Waals surface area contributed by atoms with Gasteiger partial charge in [-0.3, -0.25) is 4.99 Å². The van der Waals surface area contributed by atoms with E-state index < -0.39 is 0 Å². The molecule has 0 saturated heterocycles. The summed E-state index contributed by atoms with van der Waals surface area (Å²) in [6, 6.07) is 0. The topological polar surface area (TPSA) is 12.4 Å². The molecule has 0 aliphatic heterocycles. The summed E-state index contributed by atoms with van der Waals surface area (Å²) in [5, 5.41) is 0. The van der Waals surface area contributed by atoms with Gasteiger partial charge in [0.2, 0.25) is 0 Å². The molecule has 0 unspecified atom stereocenters.